The SMILES string of the molecule is CCC(C)C(NC(=O)C(CO)NC(=O)C(N)CCCN=C(N)N)C(=O)NC(CCC(=O)O)C(=O)O. The molecule has 35 heavy (non-hydrogen) atoms. The van der Waals surface area contributed by atoms with Crippen molar-refractivity contribution in [3.8, 4) is 0 Å². The second kappa shape index (κ2) is 16.2. The molecule has 15 heteroatoms. The number of carboxylic acid groups (broad SMARTS) is 2. The van der Waals surface area contributed by atoms with Gasteiger partial charge < -0.3 is 48.5 Å². The fourth-order valence-corrected chi connectivity index (χ4v) is 2.87. The third-order valence-corrected chi connectivity index (χ3v) is 5.17. The minimum absolute atomic E-state index is 0.100. The number of aliphatic hydroxyl groups is 1. The lowest BCUT2D eigenvalue weighted by Crippen LogP contribution is -2.59. The van der Waals surface area contributed by atoms with Crippen molar-refractivity contribution in [1.82, 2.24) is 16.0 Å². The van der Waals surface area contributed by atoms with Gasteiger partial charge in [0.25, 0.3) is 0 Å². The Morgan fingerprint density at radius 2 is 1.51 bits per heavy atom. The summed E-state index contributed by atoms with van der Waals surface area (Å²) in [6.07, 6.45) is 0.178. The van der Waals surface area contributed by atoms with Crippen LogP contribution in [0.25, 0.3) is 0 Å². The quantitative estimate of drug-likeness (QED) is 0.0541. The zero-order valence-electron chi connectivity index (χ0n) is 19.9. The number of aliphatic imine (C=N–C) groups is 1. The molecule has 200 valence electrons. The minimum Gasteiger partial charge on any atom is -0.481 e. The summed E-state index contributed by atoms with van der Waals surface area (Å²) in [4.78, 5) is 63.6. The monoisotopic (exact) mass is 503 g/mol. The summed E-state index contributed by atoms with van der Waals surface area (Å²) in [6.45, 7) is 2.84. The van der Waals surface area contributed by atoms with Crippen LogP contribution in [-0.4, -0.2) is 88.3 Å². The van der Waals surface area contributed by atoms with E-state index in [1.165, 1.54) is 0 Å². The van der Waals surface area contributed by atoms with Gasteiger partial charge in [-0.2, -0.15) is 0 Å². The summed E-state index contributed by atoms with van der Waals surface area (Å²) in [5, 5.41) is 34.6. The summed E-state index contributed by atoms with van der Waals surface area (Å²) < 4.78 is 0. The van der Waals surface area contributed by atoms with Crippen LogP contribution in [0.4, 0.5) is 0 Å². The smallest absolute Gasteiger partial charge is 0.326 e. The molecule has 0 aliphatic carbocycles. The van der Waals surface area contributed by atoms with Gasteiger partial charge in [-0.05, 0) is 25.2 Å². The van der Waals surface area contributed by atoms with E-state index in [-0.39, 0.29) is 25.3 Å². The maximum absolute atomic E-state index is 12.7. The van der Waals surface area contributed by atoms with E-state index in [2.05, 4.69) is 20.9 Å². The van der Waals surface area contributed by atoms with Crippen molar-refractivity contribution < 1.29 is 39.3 Å². The van der Waals surface area contributed by atoms with Crippen LogP contribution >= 0.6 is 0 Å². The van der Waals surface area contributed by atoms with Crippen molar-refractivity contribution >= 4 is 35.6 Å². The highest BCUT2D eigenvalue weighted by atomic mass is 16.4. The van der Waals surface area contributed by atoms with E-state index in [9.17, 15) is 34.2 Å². The van der Waals surface area contributed by atoms with Crippen molar-refractivity contribution in [1.29, 1.82) is 0 Å². The van der Waals surface area contributed by atoms with Crippen LogP contribution < -0.4 is 33.2 Å². The van der Waals surface area contributed by atoms with Gasteiger partial charge in [-0.15, -0.1) is 0 Å². The minimum atomic E-state index is -1.48. The second-order valence-electron chi connectivity index (χ2n) is 8.00. The molecule has 0 aromatic rings. The van der Waals surface area contributed by atoms with E-state index in [0.29, 0.717) is 12.8 Å². The lowest BCUT2D eigenvalue weighted by molar-refractivity contribution is -0.143. The number of nitrogens with zero attached hydrogens (tertiary/aromatic N) is 1. The van der Waals surface area contributed by atoms with Gasteiger partial charge in [0.2, 0.25) is 17.7 Å². The van der Waals surface area contributed by atoms with E-state index in [1.807, 2.05) is 0 Å². The molecule has 15 nitrogen and oxygen atoms in total. The van der Waals surface area contributed by atoms with Crippen molar-refractivity contribution in [2.45, 2.75) is 70.1 Å². The van der Waals surface area contributed by atoms with Gasteiger partial charge in [-0.25, -0.2) is 4.79 Å². The number of aliphatic hydroxyl groups excluding tert-OH is 1. The van der Waals surface area contributed by atoms with Crippen molar-refractivity contribution in [3.63, 3.8) is 0 Å². The van der Waals surface area contributed by atoms with Crippen molar-refractivity contribution in [2.24, 2.45) is 28.1 Å². The van der Waals surface area contributed by atoms with Gasteiger partial charge in [0.15, 0.2) is 5.96 Å². The van der Waals surface area contributed by atoms with Gasteiger partial charge in [0.1, 0.15) is 18.1 Å². The highest BCUT2D eigenvalue weighted by Gasteiger charge is 2.32. The first-order chi connectivity index (χ1) is 16.3. The summed E-state index contributed by atoms with van der Waals surface area (Å²) in [5.74, 6) is -5.65. The fraction of sp³-hybridized carbons (Fsp3) is 0.700. The molecule has 0 aromatic heterocycles. The van der Waals surface area contributed by atoms with E-state index in [4.69, 9.17) is 22.3 Å². The van der Waals surface area contributed by atoms with Crippen LogP contribution in [0.15, 0.2) is 4.99 Å². The van der Waals surface area contributed by atoms with Crippen molar-refractivity contribution in [2.75, 3.05) is 13.2 Å². The number of guanidine groups is 1. The Morgan fingerprint density at radius 3 is 2.00 bits per heavy atom. The number of hydrogen-bond donors (Lipinski definition) is 9. The molecule has 0 spiro atoms. The van der Waals surface area contributed by atoms with E-state index in [1.54, 1.807) is 13.8 Å². The van der Waals surface area contributed by atoms with Gasteiger partial charge in [-0.3, -0.25) is 24.2 Å². The predicted molar refractivity (Wildman–Crippen MR) is 125 cm³/mol. The summed E-state index contributed by atoms with van der Waals surface area (Å²) in [5.41, 5.74) is 16.2. The maximum Gasteiger partial charge on any atom is 0.326 e. The average molecular weight is 504 g/mol. The van der Waals surface area contributed by atoms with Gasteiger partial charge in [0.05, 0.1) is 12.6 Å². The third-order valence-electron chi connectivity index (χ3n) is 5.17. The molecule has 0 aromatic carbocycles. The summed E-state index contributed by atoms with van der Waals surface area (Å²) in [7, 11) is 0. The average Bonchev–Trinajstić information content (AvgIpc) is 2.79. The molecular formula is C20H37N7O8. The number of nitrogens with one attached hydrogen (secondary N) is 3. The Balaban J connectivity index is 5.21. The lowest BCUT2D eigenvalue weighted by Gasteiger charge is -2.27. The molecule has 0 bridgehead atoms. The molecular weight excluding hydrogens is 466 g/mol. The molecule has 0 fully saturated rings. The Hall–Kier alpha value is -3.46. The topological polar surface area (TPSA) is 273 Å². The Morgan fingerprint density at radius 1 is 0.914 bits per heavy atom. The van der Waals surface area contributed by atoms with Gasteiger partial charge in [0, 0.05) is 13.0 Å². The second-order valence-corrected chi connectivity index (χ2v) is 8.00. The molecule has 0 radical (unpaired) electrons. The summed E-state index contributed by atoms with van der Waals surface area (Å²) >= 11 is 0. The Bertz CT molecular complexity index is 773. The van der Waals surface area contributed by atoms with Crippen LogP contribution in [0.3, 0.4) is 0 Å². The van der Waals surface area contributed by atoms with Gasteiger partial charge in [-0.1, -0.05) is 20.3 Å². The first kappa shape index (κ1) is 31.5. The zero-order chi connectivity index (χ0) is 27.1. The fourth-order valence-electron chi connectivity index (χ4n) is 2.87. The van der Waals surface area contributed by atoms with Crippen LogP contribution in [0, 0.1) is 5.92 Å². The van der Waals surface area contributed by atoms with E-state index in [0.717, 1.165) is 0 Å². The van der Waals surface area contributed by atoms with E-state index < -0.39 is 72.8 Å². The first-order valence-electron chi connectivity index (χ1n) is 11.1. The molecule has 12 N–H and O–H groups in total. The molecule has 3 amide bonds. The van der Waals surface area contributed by atoms with Crippen LogP contribution in [-0.2, 0) is 24.0 Å². The number of carbonyl (C=O) groups is 5. The number of aliphatic carboxylic acids is 2. The Kier molecular flexibility index (Phi) is 14.6. The predicted octanol–water partition coefficient (Wildman–Crippen LogP) is -3.19. The molecule has 0 saturated heterocycles. The zero-order valence-corrected chi connectivity index (χ0v) is 19.9. The third kappa shape index (κ3) is 12.5. The Labute approximate surface area is 202 Å². The summed E-state index contributed by atoms with van der Waals surface area (Å²) in [6, 6.07) is -5.12. The largest absolute Gasteiger partial charge is 0.481 e. The highest BCUT2D eigenvalue weighted by Crippen LogP contribution is 2.10. The molecule has 0 aliphatic rings. The molecule has 5 atom stereocenters. The van der Waals surface area contributed by atoms with Crippen molar-refractivity contribution in [3.05, 3.63) is 0 Å². The number of hydrogen-bond acceptors (Lipinski definition) is 8. The van der Waals surface area contributed by atoms with E-state index >= 15 is 0 Å². The molecule has 0 saturated carbocycles. The van der Waals surface area contributed by atoms with Crippen LogP contribution in [0.2, 0.25) is 0 Å². The number of carbonyl (C=O) groups excluding carboxylic acids is 3. The molecule has 0 heterocycles. The number of amides is 3. The van der Waals surface area contributed by atoms with Gasteiger partial charge >= 0.3 is 11.9 Å². The molecule has 0 aliphatic heterocycles. The number of rotatable bonds is 17. The van der Waals surface area contributed by atoms with Crippen LogP contribution in [0.5, 0.6) is 0 Å². The highest BCUT2D eigenvalue weighted by molar-refractivity contribution is 5.94. The standard InChI is InChI=1S/C20H37N7O8/c1-3-10(2)15(18(33)25-12(19(34)35)6-7-14(29)30)27-17(32)13(9-28)26-16(31)11(21)5-4-8-24-20(22)23/h10-13,15,28H,3-9,21H2,1-2H3,(H,25,33)(H,26,31)(H,27,32)(H,29,30)(H,34,35)(H4,22,23,24). The maximum atomic E-state index is 12.7. The lowest BCUT2D eigenvalue weighted by atomic mass is 9.97. The molecule has 0 rings (SSSR count). The number of nitrogens with two attached hydrogens (primary N) is 3. The normalized spacial score (nSPS) is 15.0. The molecule has 5 unspecified atom stereocenters. The number of carboxylic acids is 2. The first-order valence-corrected chi connectivity index (χ1v) is 11.1. The van der Waals surface area contributed by atoms with Crippen LogP contribution in [0.1, 0.15) is 46.0 Å².